The van der Waals surface area contributed by atoms with Gasteiger partial charge in [0.05, 0.1) is 12.6 Å². The average molecular weight is 643 g/mol. The molecule has 47 heavy (non-hydrogen) atoms. The van der Waals surface area contributed by atoms with Gasteiger partial charge in [-0.05, 0) is 104 Å². The van der Waals surface area contributed by atoms with Crippen molar-refractivity contribution in [3.05, 3.63) is 58.7 Å². The molecule has 254 valence electrons. The van der Waals surface area contributed by atoms with Crippen molar-refractivity contribution in [1.82, 2.24) is 31.2 Å². The molecule has 1 saturated carbocycles. The first-order valence-corrected chi connectivity index (χ1v) is 17.7. The fraction of sp³-hybridized carbons (Fsp3) is 0.622. The smallest absolute Gasteiger partial charge is 0.291 e. The third-order valence-corrected chi connectivity index (χ3v) is 11.0. The molecule has 3 aliphatic heterocycles. The van der Waals surface area contributed by atoms with E-state index in [1.165, 1.54) is 11.1 Å². The van der Waals surface area contributed by atoms with E-state index in [0.717, 1.165) is 76.4 Å². The number of allylic oxidation sites excluding steroid dienone is 2. The first-order valence-electron chi connectivity index (χ1n) is 17.7. The summed E-state index contributed by atoms with van der Waals surface area (Å²) in [7, 11) is 1.83. The van der Waals surface area contributed by atoms with Gasteiger partial charge < -0.3 is 15.1 Å². The van der Waals surface area contributed by atoms with Crippen molar-refractivity contribution in [3.63, 3.8) is 0 Å². The van der Waals surface area contributed by atoms with Crippen LogP contribution in [0.4, 0.5) is 0 Å². The summed E-state index contributed by atoms with van der Waals surface area (Å²) < 4.78 is 0. The molecule has 6 rings (SSSR count). The number of amides is 2. The minimum absolute atomic E-state index is 0.0777. The number of hydrogen-bond donors (Lipinski definition) is 3. The van der Waals surface area contributed by atoms with Crippen LogP contribution < -0.4 is 16.4 Å². The molecule has 10 heteroatoms. The Morgan fingerprint density at radius 3 is 2.51 bits per heavy atom. The highest BCUT2D eigenvalue weighted by atomic mass is 16.2. The maximum absolute atomic E-state index is 14.8. The van der Waals surface area contributed by atoms with Crippen LogP contribution in [0.15, 0.2) is 57.7 Å². The summed E-state index contributed by atoms with van der Waals surface area (Å²) in [4.78, 5) is 37.9. The Hall–Kier alpha value is -3.66. The average Bonchev–Trinajstić information content (AvgIpc) is 3.59. The number of likely N-dealkylation sites (N-methyl/N-ethyl adjacent to an activating group) is 1. The minimum atomic E-state index is -0.539. The summed E-state index contributed by atoms with van der Waals surface area (Å²) in [6.45, 7) is 13.5. The number of hydrazine groups is 2. The van der Waals surface area contributed by atoms with Gasteiger partial charge in [-0.1, -0.05) is 58.9 Å². The van der Waals surface area contributed by atoms with Crippen LogP contribution in [0.2, 0.25) is 0 Å². The number of benzene rings is 1. The lowest BCUT2D eigenvalue weighted by Crippen LogP contribution is -2.52. The summed E-state index contributed by atoms with van der Waals surface area (Å²) in [6, 6.07) is 7.77. The fourth-order valence-corrected chi connectivity index (χ4v) is 8.00. The lowest BCUT2D eigenvalue weighted by atomic mass is 9.69. The Balaban J connectivity index is 1.29. The van der Waals surface area contributed by atoms with Crippen molar-refractivity contribution in [2.24, 2.45) is 27.3 Å². The topological polar surface area (TPSA) is 105 Å². The molecule has 1 aromatic carbocycles. The van der Waals surface area contributed by atoms with Gasteiger partial charge in [-0.2, -0.15) is 0 Å². The van der Waals surface area contributed by atoms with Gasteiger partial charge in [-0.25, -0.2) is 10.5 Å². The van der Waals surface area contributed by atoms with Crippen molar-refractivity contribution in [2.75, 3.05) is 26.7 Å². The summed E-state index contributed by atoms with van der Waals surface area (Å²) in [6.07, 6.45) is 13.4. The Labute approximate surface area is 280 Å². The fourth-order valence-electron chi connectivity index (χ4n) is 8.00. The van der Waals surface area contributed by atoms with Crippen molar-refractivity contribution >= 4 is 23.5 Å². The number of hydrogen-bond acceptors (Lipinski definition) is 8. The van der Waals surface area contributed by atoms with Crippen LogP contribution in [-0.4, -0.2) is 70.6 Å². The molecule has 1 aromatic rings. The van der Waals surface area contributed by atoms with Gasteiger partial charge in [-0.15, -0.1) is 10.6 Å². The highest BCUT2D eigenvalue weighted by Crippen LogP contribution is 2.50. The monoisotopic (exact) mass is 642 g/mol. The van der Waals surface area contributed by atoms with Gasteiger partial charge in [-0.3, -0.25) is 14.6 Å². The van der Waals surface area contributed by atoms with Crippen LogP contribution in [0.25, 0.3) is 0 Å². The van der Waals surface area contributed by atoms with E-state index in [2.05, 4.69) is 78.1 Å². The highest BCUT2D eigenvalue weighted by molar-refractivity contribution is 6.39. The molecule has 3 N–H and O–H groups in total. The van der Waals surface area contributed by atoms with Crippen LogP contribution in [0, 0.1) is 17.3 Å². The van der Waals surface area contributed by atoms with E-state index < -0.39 is 5.66 Å². The summed E-state index contributed by atoms with van der Waals surface area (Å²) in [5.74, 6) is 2.38. The van der Waals surface area contributed by atoms with Gasteiger partial charge >= 0.3 is 0 Å². The third kappa shape index (κ3) is 6.98. The van der Waals surface area contributed by atoms with Crippen molar-refractivity contribution < 1.29 is 9.59 Å². The van der Waals surface area contributed by atoms with E-state index in [-0.39, 0.29) is 23.3 Å². The van der Waals surface area contributed by atoms with Crippen LogP contribution in [0.3, 0.4) is 0 Å². The highest BCUT2D eigenvalue weighted by Gasteiger charge is 2.53. The van der Waals surface area contributed by atoms with E-state index in [9.17, 15) is 9.59 Å². The zero-order valence-corrected chi connectivity index (χ0v) is 29.2. The first-order chi connectivity index (χ1) is 22.4. The summed E-state index contributed by atoms with van der Waals surface area (Å²) >= 11 is 0. The molecule has 1 fully saturated rings. The molecule has 0 saturated heterocycles. The molecule has 0 radical (unpaired) electrons. The SMILES string of the molecule is CC(C)CC[C@H](c1ccc(C(=O)NCC2=NNNN2C)cc1)N1C(=O)C(N2CCC3=C(CCC=C3)C2)=NC12CCC(C(C)(C)C)CC2. The molecule has 10 nitrogen and oxygen atoms in total. The van der Waals surface area contributed by atoms with Gasteiger partial charge in [0.15, 0.2) is 11.7 Å². The van der Waals surface area contributed by atoms with Gasteiger partial charge in [0.25, 0.3) is 11.8 Å². The molecule has 2 amide bonds. The summed E-state index contributed by atoms with van der Waals surface area (Å²) in [5, 5.41) is 8.82. The van der Waals surface area contributed by atoms with Crippen LogP contribution in [-0.2, 0) is 4.79 Å². The van der Waals surface area contributed by atoms with Gasteiger partial charge in [0.1, 0.15) is 5.66 Å². The second-order valence-corrected chi connectivity index (χ2v) is 15.6. The molecule has 1 spiro atoms. The number of aliphatic imine (C=N–C) groups is 1. The number of carbonyl (C=O) groups excluding carboxylic acids is 2. The molecule has 0 bridgehead atoms. The predicted octanol–water partition coefficient (Wildman–Crippen LogP) is 5.69. The van der Waals surface area contributed by atoms with E-state index in [0.29, 0.717) is 35.6 Å². The Morgan fingerprint density at radius 2 is 1.85 bits per heavy atom. The molecule has 1 atom stereocenters. The maximum Gasteiger partial charge on any atom is 0.291 e. The second-order valence-electron chi connectivity index (χ2n) is 15.6. The van der Waals surface area contributed by atoms with Crippen molar-refractivity contribution in [3.8, 4) is 0 Å². The Morgan fingerprint density at radius 1 is 1.11 bits per heavy atom. The Kier molecular flexibility index (Phi) is 9.52. The zero-order chi connectivity index (χ0) is 33.3. The number of hydrazone groups is 1. The van der Waals surface area contributed by atoms with E-state index in [4.69, 9.17) is 4.99 Å². The minimum Gasteiger partial charge on any atom is -0.348 e. The van der Waals surface area contributed by atoms with Crippen molar-refractivity contribution in [1.29, 1.82) is 0 Å². The van der Waals surface area contributed by atoms with Crippen LogP contribution >= 0.6 is 0 Å². The van der Waals surface area contributed by atoms with E-state index >= 15 is 0 Å². The number of nitrogens with one attached hydrogen (secondary N) is 3. The molecule has 3 heterocycles. The van der Waals surface area contributed by atoms with E-state index in [1.807, 2.05) is 31.3 Å². The molecular weight excluding hydrogens is 588 g/mol. The molecule has 2 aliphatic carbocycles. The normalized spacial score (nSPS) is 25.3. The molecule has 0 aromatic heterocycles. The van der Waals surface area contributed by atoms with Gasteiger partial charge in [0.2, 0.25) is 0 Å². The number of amidine groups is 2. The molecule has 5 aliphatic rings. The maximum atomic E-state index is 14.8. The quantitative estimate of drug-likeness (QED) is 0.337. The number of carbonyl (C=O) groups is 2. The zero-order valence-electron chi connectivity index (χ0n) is 29.2. The molecule has 0 unspecified atom stereocenters. The lowest BCUT2D eigenvalue weighted by Gasteiger charge is -2.47. The lowest BCUT2D eigenvalue weighted by molar-refractivity contribution is -0.134. The summed E-state index contributed by atoms with van der Waals surface area (Å²) in [5.41, 5.74) is 9.80. The van der Waals surface area contributed by atoms with Gasteiger partial charge in [0, 0.05) is 25.7 Å². The first kappa shape index (κ1) is 33.2. The number of nitrogens with zero attached hydrogens (tertiary/aromatic N) is 5. The molecular formula is C37H54N8O2. The largest absolute Gasteiger partial charge is 0.348 e. The standard InChI is InChI=1S/C37H54N8O2/c1-25(2)11-16-31(27-12-14-28(15-13-27)34(46)38-23-32-40-41-42-43(32)6)45-35(47)33(44-22-19-26-9-7-8-10-29(26)24-44)39-37(45)20-17-30(18-21-37)36(3,4)5/h7,9,12-15,25,30-31,41-42H,8,10-11,16-24H2,1-6H3,(H,38,46)/t30?,31-,37?/m1/s1. The third-order valence-electron chi connectivity index (χ3n) is 11.0. The Bertz CT molecular complexity index is 1460. The van der Waals surface area contributed by atoms with Crippen LogP contribution in [0.1, 0.15) is 114 Å². The van der Waals surface area contributed by atoms with Crippen LogP contribution in [0.5, 0.6) is 0 Å². The number of rotatable bonds is 8. The van der Waals surface area contributed by atoms with E-state index in [1.54, 1.807) is 5.01 Å². The second kappa shape index (κ2) is 13.5. The predicted molar refractivity (Wildman–Crippen MR) is 187 cm³/mol. The van der Waals surface area contributed by atoms with Crippen molar-refractivity contribution in [2.45, 2.75) is 104 Å².